The molecule has 1 atom stereocenters. The largest absolute Gasteiger partial charge is 0.497 e. The van der Waals surface area contributed by atoms with Gasteiger partial charge < -0.3 is 4.74 Å². The Morgan fingerprint density at radius 1 is 1.37 bits per heavy atom. The lowest BCUT2D eigenvalue weighted by atomic mass is 10.0. The van der Waals surface area contributed by atoms with Crippen LogP contribution in [0.1, 0.15) is 23.1 Å². The van der Waals surface area contributed by atoms with Crippen LogP contribution in [-0.2, 0) is 0 Å². The van der Waals surface area contributed by atoms with Crippen LogP contribution in [0, 0.1) is 12.7 Å². The van der Waals surface area contributed by atoms with Crippen molar-refractivity contribution < 1.29 is 9.13 Å². The van der Waals surface area contributed by atoms with Crippen LogP contribution in [0.15, 0.2) is 30.5 Å². The summed E-state index contributed by atoms with van der Waals surface area (Å²) < 4.78 is 19.0. The number of aromatic nitrogens is 2. The normalized spacial score (nSPS) is 12.2. The second-order valence-corrected chi connectivity index (χ2v) is 4.02. The van der Waals surface area contributed by atoms with Crippen LogP contribution in [-0.4, -0.2) is 17.1 Å². The van der Waals surface area contributed by atoms with Gasteiger partial charge in [-0.1, -0.05) is 6.07 Å². The molecule has 0 aliphatic rings. The van der Waals surface area contributed by atoms with Gasteiger partial charge in [0.15, 0.2) is 0 Å². The van der Waals surface area contributed by atoms with Gasteiger partial charge in [0.2, 0.25) is 0 Å². The van der Waals surface area contributed by atoms with E-state index in [0.29, 0.717) is 22.8 Å². The predicted octanol–water partition coefficient (Wildman–Crippen LogP) is 1.49. The minimum absolute atomic E-state index is 0.404. The summed E-state index contributed by atoms with van der Waals surface area (Å²) in [6.07, 6.45) is 1.61. The highest BCUT2D eigenvalue weighted by molar-refractivity contribution is 5.34. The van der Waals surface area contributed by atoms with E-state index in [1.807, 2.05) is 0 Å². The Labute approximate surface area is 110 Å². The fourth-order valence-electron chi connectivity index (χ4n) is 1.84. The van der Waals surface area contributed by atoms with Crippen LogP contribution in [0.4, 0.5) is 4.39 Å². The van der Waals surface area contributed by atoms with Crippen molar-refractivity contribution in [3.63, 3.8) is 0 Å². The second kappa shape index (κ2) is 5.73. The highest BCUT2D eigenvalue weighted by Gasteiger charge is 2.18. The standard InChI is InChI=1S/C13H15FN4O/c1-8-16-6-5-12(17-8)13(18-15)10-4-3-9(19-2)7-11(10)14/h3-7,13,18H,15H2,1-2H3. The Morgan fingerprint density at radius 2 is 2.16 bits per heavy atom. The SMILES string of the molecule is COc1ccc(C(NN)c2ccnc(C)n2)c(F)c1. The molecule has 3 N–H and O–H groups in total. The number of hydrogen-bond acceptors (Lipinski definition) is 5. The van der Waals surface area contributed by atoms with Crippen LogP contribution >= 0.6 is 0 Å². The first-order chi connectivity index (χ1) is 9.15. The molecule has 0 fully saturated rings. The number of rotatable bonds is 4. The summed E-state index contributed by atoms with van der Waals surface area (Å²) in [7, 11) is 1.49. The van der Waals surface area contributed by atoms with E-state index in [1.54, 1.807) is 31.3 Å². The fourth-order valence-corrected chi connectivity index (χ4v) is 1.84. The first kappa shape index (κ1) is 13.4. The van der Waals surface area contributed by atoms with Crippen LogP contribution in [0.25, 0.3) is 0 Å². The molecule has 0 bridgehead atoms. The van der Waals surface area contributed by atoms with Crippen molar-refractivity contribution in [1.82, 2.24) is 15.4 Å². The zero-order chi connectivity index (χ0) is 13.8. The van der Waals surface area contributed by atoms with Gasteiger partial charge in [-0.2, -0.15) is 0 Å². The average Bonchev–Trinajstić information content (AvgIpc) is 2.41. The Bertz CT molecular complexity index is 576. The van der Waals surface area contributed by atoms with Crippen molar-refractivity contribution in [3.05, 3.63) is 53.4 Å². The Morgan fingerprint density at radius 3 is 2.74 bits per heavy atom. The number of nitrogens with zero attached hydrogens (tertiary/aromatic N) is 2. The summed E-state index contributed by atoms with van der Waals surface area (Å²) in [5, 5.41) is 0. The van der Waals surface area contributed by atoms with E-state index < -0.39 is 11.9 Å². The molecule has 6 heteroatoms. The molecule has 19 heavy (non-hydrogen) atoms. The van der Waals surface area contributed by atoms with E-state index in [-0.39, 0.29) is 0 Å². The predicted molar refractivity (Wildman–Crippen MR) is 68.9 cm³/mol. The van der Waals surface area contributed by atoms with Gasteiger partial charge in [0.05, 0.1) is 18.8 Å². The quantitative estimate of drug-likeness (QED) is 0.645. The van der Waals surface area contributed by atoms with Gasteiger partial charge in [-0.3, -0.25) is 5.84 Å². The van der Waals surface area contributed by atoms with Crippen LogP contribution in [0.3, 0.4) is 0 Å². The maximum atomic E-state index is 14.0. The summed E-state index contributed by atoms with van der Waals surface area (Å²) in [4.78, 5) is 8.26. The topological polar surface area (TPSA) is 73.1 Å². The lowest BCUT2D eigenvalue weighted by molar-refractivity contribution is 0.410. The average molecular weight is 262 g/mol. The molecule has 2 aromatic rings. The minimum Gasteiger partial charge on any atom is -0.497 e. The number of hydrazine groups is 1. The number of aryl methyl sites for hydroxylation is 1. The summed E-state index contributed by atoms with van der Waals surface area (Å²) in [5.41, 5.74) is 3.58. The molecular weight excluding hydrogens is 247 g/mol. The van der Waals surface area contributed by atoms with Crippen molar-refractivity contribution in [3.8, 4) is 5.75 Å². The number of methoxy groups -OCH3 is 1. The molecule has 100 valence electrons. The van der Waals surface area contributed by atoms with Gasteiger partial charge >= 0.3 is 0 Å². The summed E-state index contributed by atoms with van der Waals surface area (Å²) >= 11 is 0. The summed E-state index contributed by atoms with van der Waals surface area (Å²) in [6, 6.07) is 5.77. The van der Waals surface area contributed by atoms with Gasteiger partial charge in [0, 0.05) is 17.8 Å². The minimum atomic E-state index is -0.535. The molecule has 1 unspecified atom stereocenters. The summed E-state index contributed by atoms with van der Waals surface area (Å²) in [5.74, 6) is 6.17. The van der Waals surface area contributed by atoms with Gasteiger partial charge in [0.1, 0.15) is 17.4 Å². The number of halogens is 1. The smallest absolute Gasteiger partial charge is 0.132 e. The number of ether oxygens (including phenoxy) is 1. The van der Waals surface area contributed by atoms with E-state index in [4.69, 9.17) is 10.6 Å². The monoisotopic (exact) mass is 262 g/mol. The van der Waals surface area contributed by atoms with Crippen molar-refractivity contribution >= 4 is 0 Å². The van der Waals surface area contributed by atoms with Gasteiger partial charge in [-0.25, -0.2) is 19.8 Å². The van der Waals surface area contributed by atoms with E-state index in [1.165, 1.54) is 13.2 Å². The van der Waals surface area contributed by atoms with Gasteiger partial charge in [-0.05, 0) is 19.1 Å². The molecular formula is C13H15FN4O. The molecule has 0 aliphatic heterocycles. The molecule has 0 saturated carbocycles. The van der Waals surface area contributed by atoms with Crippen LogP contribution < -0.4 is 16.0 Å². The third-order valence-corrected chi connectivity index (χ3v) is 2.78. The zero-order valence-electron chi connectivity index (χ0n) is 10.7. The number of nitrogens with one attached hydrogen (secondary N) is 1. The van der Waals surface area contributed by atoms with E-state index in [2.05, 4.69) is 15.4 Å². The van der Waals surface area contributed by atoms with Crippen molar-refractivity contribution in [2.24, 2.45) is 5.84 Å². The third-order valence-electron chi connectivity index (χ3n) is 2.78. The Balaban J connectivity index is 2.42. The number of benzene rings is 1. The lowest BCUT2D eigenvalue weighted by Crippen LogP contribution is -2.30. The molecule has 0 saturated heterocycles. The first-order valence-electron chi connectivity index (χ1n) is 5.75. The van der Waals surface area contributed by atoms with E-state index in [0.717, 1.165) is 0 Å². The maximum absolute atomic E-state index is 14.0. The van der Waals surface area contributed by atoms with Gasteiger partial charge in [0.25, 0.3) is 0 Å². The van der Waals surface area contributed by atoms with Gasteiger partial charge in [-0.15, -0.1) is 0 Å². The maximum Gasteiger partial charge on any atom is 0.132 e. The highest BCUT2D eigenvalue weighted by atomic mass is 19.1. The van der Waals surface area contributed by atoms with E-state index >= 15 is 0 Å². The fraction of sp³-hybridized carbons (Fsp3) is 0.231. The Kier molecular flexibility index (Phi) is 4.03. The number of hydrogen-bond donors (Lipinski definition) is 2. The molecule has 1 heterocycles. The lowest BCUT2D eigenvalue weighted by Gasteiger charge is -2.17. The number of nitrogens with two attached hydrogens (primary N) is 1. The summed E-state index contributed by atoms with van der Waals surface area (Å²) in [6.45, 7) is 1.77. The molecule has 0 aliphatic carbocycles. The van der Waals surface area contributed by atoms with Crippen molar-refractivity contribution in [1.29, 1.82) is 0 Å². The first-order valence-corrected chi connectivity index (χ1v) is 5.75. The van der Waals surface area contributed by atoms with Crippen molar-refractivity contribution in [2.45, 2.75) is 13.0 Å². The highest BCUT2D eigenvalue weighted by Crippen LogP contribution is 2.25. The molecule has 0 spiro atoms. The van der Waals surface area contributed by atoms with Crippen LogP contribution in [0.5, 0.6) is 5.75 Å². The molecule has 2 rings (SSSR count). The second-order valence-electron chi connectivity index (χ2n) is 4.02. The molecule has 0 radical (unpaired) electrons. The molecule has 0 amide bonds. The van der Waals surface area contributed by atoms with Crippen LogP contribution in [0.2, 0.25) is 0 Å². The molecule has 1 aromatic heterocycles. The molecule has 5 nitrogen and oxygen atoms in total. The zero-order valence-corrected chi connectivity index (χ0v) is 10.7. The molecule has 1 aromatic carbocycles. The van der Waals surface area contributed by atoms with Crippen molar-refractivity contribution in [2.75, 3.05) is 7.11 Å². The third kappa shape index (κ3) is 2.86. The Hall–Kier alpha value is -2.05. The van der Waals surface area contributed by atoms with E-state index in [9.17, 15) is 4.39 Å².